The first-order valence-corrected chi connectivity index (χ1v) is 9.55. The van der Waals surface area contributed by atoms with Gasteiger partial charge in [0.15, 0.2) is 0 Å². The highest BCUT2D eigenvalue weighted by Crippen LogP contribution is 2.34. The van der Waals surface area contributed by atoms with Crippen molar-refractivity contribution in [1.82, 2.24) is 0 Å². The number of fused-ring (bicyclic) bond motifs is 1. The number of benzene rings is 4. The van der Waals surface area contributed by atoms with E-state index in [-0.39, 0.29) is 0 Å². The van der Waals surface area contributed by atoms with Gasteiger partial charge in [-0.15, -0.1) is 0 Å². The molecule has 0 aliphatic carbocycles. The Kier molecular flexibility index (Phi) is 5.66. The molecule has 4 rings (SSSR count). The Morgan fingerprint density at radius 2 is 1.41 bits per heavy atom. The fourth-order valence-electron chi connectivity index (χ4n) is 3.44. The van der Waals surface area contributed by atoms with E-state index in [0.29, 0.717) is 6.61 Å². The molecule has 0 unspecified atom stereocenters. The zero-order valence-electron chi connectivity index (χ0n) is 16.6. The topological polar surface area (TPSA) is 27.7 Å². The van der Waals surface area contributed by atoms with Gasteiger partial charge in [0.05, 0.1) is 20.8 Å². The van der Waals surface area contributed by atoms with Crippen LogP contribution in [0.4, 0.5) is 0 Å². The predicted molar refractivity (Wildman–Crippen MR) is 118 cm³/mol. The Hall–Kier alpha value is -3.46. The van der Waals surface area contributed by atoms with E-state index >= 15 is 0 Å². The van der Waals surface area contributed by atoms with Gasteiger partial charge in [-0.25, -0.2) is 0 Å². The molecular weight excluding hydrogens is 360 g/mol. The third-order valence-corrected chi connectivity index (χ3v) is 4.95. The lowest BCUT2D eigenvalue weighted by Crippen LogP contribution is -2.01. The van der Waals surface area contributed by atoms with E-state index in [1.165, 1.54) is 0 Å². The second kappa shape index (κ2) is 8.70. The Morgan fingerprint density at radius 1 is 0.690 bits per heavy atom. The van der Waals surface area contributed by atoms with Crippen molar-refractivity contribution in [3.63, 3.8) is 0 Å². The Balaban J connectivity index is 1.71. The Bertz CT molecular complexity index is 1090. The lowest BCUT2D eigenvalue weighted by atomic mass is 9.92. The van der Waals surface area contributed by atoms with Crippen molar-refractivity contribution in [2.45, 2.75) is 0 Å². The highest BCUT2D eigenvalue weighted by molar-refractivity contribution is 5.94. The largest absolute Gasteiger partial charge is 0.497 e. The molecule has 1 radical (unpaired) electrons. The summed E-state index contributed by atoms with van der Waals surface area (Å²) < 4.78 is 16.6. The monoisotopic (exact) mass is 383 g/mol. The van der Waals surface area contributed by atoms with Gasteiger partial charge < -0.3 is 14.2 Å². The van der Waals surface area contributed by atoms with Crippen molar-refractivity contribution < 1.29 is 14.2 Å². The molecule has 3 nitrogen and oxygen atoms in total. The molecule has 4 aromatic rings. The highest BCUT2D eigenvalue weighted by atomic mass is 16.5. The lowest BCUT2D eigenvalue weighted by Gasteiger charge is -2.15. The normalized spacial score (nSPS) is 10.7. The number of para-hydroxylation sites is 1. The molecule has 0 N–H and O–H groups in total. The number of ether oxygens (including phenoxy) is 3. The van der Waals surface area contributed by atoms with E-state index in [0.717, 1.165) is 44.7 Å². The molecule has 0 aliphatic heterocycles. The average molecular weight is 383 g/mol. The quantitative estimate of drug-likeness (QED) is 0.383. The van der Waals surface area contributed by atoms with Crippen molar-refractivity contribution in [1.29, 1.82) is 0 Å². The van der Waals surface area contributed by atoms with Gasteiger partial charge in [-0.3, -0.25) is 0 Å². The van der Waals surface area contributed by atoms with Gasteiger partial charge in [0.2, 0.25) is 0 Å². The number of methoxy groups -OCH3 is 2. The van der Waals surface area contributed by atoms with Gasteiger partial charge in [-0.05, 0) is 63.9 Å². The van der Waals surface area contributed by atoms with E-state index in [1.807, 2.05) is 48.5 Å². The maximum Gasteiger partial charge on any atom is 0.119 e. The van der Waals surface area contributed by atoms with Crippen LogP contribution in [0, 0.1) is 6.42 Å². The predicted octanol–water partition coefficient (Wildman–Crippen LogP) is 6.16. The van der Waals surface area contributed by atoms with Crippen LogP contribution in [0.1, 0.15) is 5.56 Å². The minimum atomic E-state index is 0.484. The van der Waals surface area contributed by atoms with Crippen LogP contribution in [-0.2, 0) is 0 Å². The molecule has 0 aromatic heterocycles. The summed E-state index contributed by atoms with van der Waals surface area (Å²) in [5.74, 6) is 2.55. The molecule has 0 atom stereocenters. The number of hydrogen-bond donors (Lipinski definition) is 0. The molecule has 0 heterocycles. The summed E-state index contributed by atoms with van der Waals surface area (Å²) in [5.41, 5.74) is 3.43. The molecule has 145 valence electrons. The summed E-state index contributed by atoms with van der Waals surface area (Å²) in [7, 11) is 3.37. The van der Waals surface area contributed by atoms with E-state index in [2.05, 4.69) is 42.8 Å². The van der Waals surface area contributed by atoms with Crippen LogP contribution < -0.4 is 14.2 Å². The minimum Gasteiger partial charge on any atom is -0.497 e. The minimum absolute atomic E-state index is 0.484. The third kappa shape index (κ3) is 4.19. The average Bonchev–Trinajstić information content (AvgIpc) is 2.79. The maximum atomic E-state index is 5.93. The van der Waals surface area contributed by atoms with E-state index in [1.54, 1.807) is 14.2 Å². The standard InChI is InChI=1S/C26H23O3/c1-27-21-11-8-19(9-12-21)24-14-10-20-18-23(28-2)13-15-25(20)26(24)16-17-29-22-6-4-3-5-7-22/h3-16,18H,17H2,1-2H3. The summed E-state index contributed by atoms with van der Waals surface area (Å²) in [6, 6.07) is 28.4. The van der Waals surface area contributed by atoms with Crippen molar-refractivity contribution in [2.24, 2.45) is 0 Å². The van der Waals surface area contributed by atoms with Gasteiger partial charge in [0.1, 0.15) is 17.2 Å². The lowest BCUT2D eigenvalue weighted by molar-refractivity contribution is 0.352. The van der Waals surface area contributed by atoms with E-state index < -0.39 is 0 Å². The molecule has 0 aliphatic rings. The van der Waals surface area contributed by atoms with Crippen LogP contribution >= 0.6 is 0 Å². The molecule has 0 saturated carbocycles. The van der Waals surface area contributed by atoms with Crippen molar-refractivity contribution in [2.75, 3.05) is 20.8 Å². The number of hydrogen-bond acceptors (Lipinski definition) is 3. The second-order valence-corrected chi connectivity index (χ2v) is 6.67. The maximum absolute atomic E-state index is 5.93. The van der Waals surface area contributed by atoms with Crippen LogP contribution in [-0.4, -0.2) is 20.8 Å². The smallest absolute Gasteiger partial charge is 0.119 e. The first kappa shape index (κ1) is 18.9. The van der Waals surface area contributed by atoms with Crippen LogP contribution in [0.15, 0.2) is 84.9 Å². The van der Waals surface area contributed by atoms with Gasteiger partial charge >= 0.3 is 0 Å². The first-order valence-electron chi connectivity index (χ1n) is 9.55. The molecule has 4 aromatic carbocycles. The summed E-state index contributed by atoms with van der Waals surface area (Å²) >= 11 is 0. The molecule has 0 spiro atoms. The Morgan fingerprint density at radius 3 is 2.14 bits per heavy atom. The van der Waals surface area contributed by atoms with Gasteiger partial charge in [0.25, 0.3) is 0 Å². The molecule has 0 amide bonds. The second-order valence-electron chi connectivity index (χ2n) is 6.67. The third-order valence-electron chi connectivity index (χ3n) is 4.95. The molecule has 0 bridgehead atoms. The fourth-order valence-corrected chi connectivity index (χ4v) is 3.44. The van der Waals surface area contributed by atoms with Crippen molar-refractivity contribution in [3.05, 3.63) is 96.9 Å². The van der Waals surface area contributed by atoms with Crippen LogP contribution in [0.5, 0.6) is 17.2 Å². The molecule has 3 heteroatoms. The van der Waals surface area contributed by atoms with Gasteiger partial charge in [-0.2, -0.15) is 0 Å². The summed E-state index contributed by atoms with van der Waals surface area (Å²) in [6.07, 6.45) is 2.14. The molecular formula is C26H23O3. The van der Waals surface area contributed by atoms with E-state index in [9.17, 15) is 0 Å². The molecule has 29 heavy (non-hydrogen) atoms. The highest BCUT2D eigenvalue weighted by Gasteiger charge is 2.12. The molecule has 0 fully saturated rings. The van der Waals surface area contributed by atoms with Crippen molar-refractivity contribution in [3.8, 4) is 28.4 Å². The van der Waals surface area contributed by atoms with Gasteiger partial charge in [-0.1, -0.05) is 48.5 Å². The summed E-state index contributed by atoms with van der Waals surface area (Å²) in [5, 5.41) is 2.29. The molecule has 0 saturated heterocycles. The van der Waals surface area contributed by atoms with Gasteiger partial charge in [0, 0.05) is 6.42 Å². The van der Waals surface area contributed by atoms with Crippen molar-refractivity contribution >= 4 is 10.8 Å². The SMILES string of the molecule is COc1ccc(-c2ccc3cc(OC)ccc3c2[CH]COc2ccccc2)cc1. The zero-order valence-corrected chi connectivity index (χ0v) is 16.6. The van der Waals surface area contributed by atoms with Crippen LogP contribution in [0.25, 0.3) is 21.9 Å². The zero-order chi connectivity index (χ0) is 20.1. The number of rotatable bonds is 7. The summed E-state index contributed by atoms with van der Waals surface area (Å²) in [6.45, 7) is 0.484. The first-order chi connectivity index (χ1) is 14.3. The van der Waals surface area contributed by atoms with E-state index in [4.69, 9.17) is 14.2 Å². The summed E-state index contributed by atoms with van der Waals surface area (Å²) in [4.78, 5) is 0. The fraction of sp³-hybridized carbons (Fsp3) is 0.115. The Labute approximate surface area is 171 Å². The van der Waals surface area contributed by atoms with Crippen LogP contribution in [0.2, 0.25) is 0 Å². The van der Waals surface area contributed by atoms with Crippen LogP contribution in [0.3, 0.4) is 0 Å².